The van der Waals surface area contributed by atoms with E-state index < -0.39 is 0 Å². The number of rotatable bonds is 53. The molecule has 0 atom stereocenters. The van der Waals surface area contributed by atoms with Crippen LogP contribution in [0.3, 0.4) is 0 Å². The van der Waals surface area contributed by atoms with Crippen molar-refractivity contribution in [2.24, 2.45) is 11.8 Å². The van der Waals surface area contributed by atoms with Gasteiger partial charge in [0.1, 0.15) is 6.10 Å². The molecule has 0 aromatic carbocycles. The number of likely N-dealkylation sites (tertiary alicyclic amines) is 1. The summed E-state index contributed by atoms with van der Waals surface area (Å²) in [6.45, 7) is 13.1. The Morgan fingerprint density at radius 1 is 0.432 bits per heavy atom. The van der Waals surface area contributed by atoms with Gasteiger partial charge in [0.15, 0.2) is 0 Å². The lowest BCUT2D eigenvalue weighted by Gasteiger charge is -2.33. The molecule has 10 heteroatoms. The Labute approximate surface area is 458 Å². The highest BCUT2D eigenvalue weighted by molar-refractivity contribution is 5.78. The smallest absolute Gasteiger partial charge is 0.410 e. The Balaban J connectivity index is 2.61. The van der Waals surface area contributed by atoms with Crippen LogP contribution in [0.4, 0.5) is 4.79 Å². The number of carbonyl (C=O) groups excluding carboxylic acids is 4. The molecule has 0 radical (unpaired) electrons. The molecule has 1 saturated heterocycles. The van der Waals surface area contributed by atoms with Crippen molar-refractivity contribution < 1.29 is 33.4 Å². The van der Waals surface area contributed by atoms with E-state index in [2.05, 4.69) is 27.7 Å². The molecule has 0 aliphatic carbocycles. The number of esters is 2. The third kappa shape index (κ3) is 42.7. The number of ether oxygens (including phenoxy) is 3. The third-order valence-corrected chi connectivity index (χ3v) is 15.7. The van der Waals surface area contributed by atoms with Gasteiger partial charge < -0.3 is 28.9 Å². The standard InChI is InChI=1S/C64H123N3O7/c1-7-11-15-19-23-27-35-43-58(44-36-28-24-20-16-12-8-2)56-72-62(69)47-39-31-33-41-51-67(64(71)74-60-49-53-66(54-50-60)61(68)55-65(5)6)52-42-34-32-40-48-63(70)73-57-59(45-37-29-25-21-17-13-9-3)46-38-30-26-22-18-14-10-4/h58-60H,7-57H2,1-6H3. The van der Waals surface area contributed by atoms with E-state index in [0.29, 0.717) is 83.5 Å². The normalized spacial score (nSPS) is 13.1. The van der Waals surface area contributed by atoms with Crippen molar-refractivity contribution in [1.29, 1.82) is 0 Å². The fraction of sp³-hybridized carbons (Fsp3) is 0.938. The van der Waals surface area contributed by atoms with Crippen LogP contribution in [0.25, 0.3) is 0 Å². The van der Waals surface area contributed by atoms with Crippen LogP contribution in [0.2, 0.25) is 0 Å². The predicted molar refractivity (Wildman–Crippen MR) is 312 cm³/mol. The van der Waals surface area contributed by atoms with Gasteiger partial charge in [0.05, 0.1) is 19.8 Å². The van der Waals surface area contributed by atoms with Crippen LogP contribution in [-0.4, -0.2) is 105 Å². The maximum absolute atomic E-state index is 13.7. The highest BCUT2D eigenvalue weighted by atomic mass is 16.6. The second-order valence-electron chi connectivity index (χ2n) is 23.3. The Morgan fingerprint density at radius 2 is 0.743 bits per heavy atom. The van der Waals surface area contributed by atoms with E-state index in [1.165, 1.54) is 205 Å². The van der Waals surface area contributed by atoms with Crippen molar-refractivity contribution in [2.45, 2.75) is 316 Å². The molecule has 0 spiro atoms. The lowest BCUT2D eigenvalue weighted by atomic mass is 9.94. The summed E-state index contributed by atoms with van der Waals surface area (Å²) < 4.78 is 17.9. The number of nitrogens with zero attached hydrogens (tertiary/aromatic N) is 3. The Bertz CT molecular complexity index is 1190. The number of piperidine rings is 1. The molecule has 0 bridgehead atoms. The Hall–Kier alpha value is -2.36. The maximum Gasteiger partial charge on any atom is 0.410 e. The Morgan fingerprint density at radius 3 is 1.08 bits per heavy atom. The molecule has 2 amide bonds. The van der Waals surface area contributed by atoms with Gasteiger partial charge in [-0.25, -0.2) is 4.79 Å². The molecule has 1 aliphatic rings. The minimum Gasteiger partial charge on any atom is -0.465 e. The monoisotopic (exact) mass is 1050 g/mol. The van der Waals surface area contributed by atoms with Gasteiger partial charge in [0, 0.05) is 51.9 Å². The van der Waals surface area contributed by atoms with Crippen molar-refractivity contribution in [1.82, 2.24) is 14.7 Å². The summed E-state index contributed by atoms with van der Waals surface area (Å²) in [5.74, 6) is 0.934. The van der Waals surface area contributed by atoms with Crippen LogP contribution in [0, 0.1) is 11.8 Å². The van der Waals surface area contributed by atoms with E-state index >= 15 is 0 Å². The van der Waals surface area contributed by atoms with Crippen LogP contribution in [0.15, 0.2) is 0 Å². The van der Waals surface area contributed by atoms with Gasteiger partial charge in [0.25, 0.3) is 0 Å². The van der Waals surface area contributed by atoms with Crippen LogP contribution in [-0.2, 0) is 28.6 Å². The van der Waals surface area contributed by atoms with Crippen molar-refractivity contribution in [3.63, 3.8) is 0 Å². The zero-order chi connectivity index (χ0) is 54.0. The van der Waals surface area contributed by atoms with Gasteiger partial charge >= 0.3 is 18.0 Å². The molecular formula is C64H123N3O7. The summed E-state index contributed by atoms with van der Waals surface area (Å²) in [7, 11) is 3.81. The van der Waals surface area contributed by atoms with Crippen molar-refractivity contribution in [2.75, 3.05) is 60.0 Å². The highest BCUT2D eigenvalue weighted by Crippen LogP contribution is 2.23. The molecule has 74 heavy (non-hydrogen) atoms. The van der Waals surface area contributed by atoms with Gasteiger partial charge in [0.2, 0.25) is 5.91 Å². The van der Waals surface area contributed by atoms with Crippen molar-refractivity contribution in [3.8, 4) is 0 Å². The van der Waals surface area contributed by atoms with Gasteiger partial charge in [-0.3, -0.25) is 14.4 Å². The lowest BCUT2D eigenvalue weighted by molar-refractivity contribution is -0.146. The second-order valence-corrected chi connectivity index (χ2v) is 23.3. The average molecular weight is 1050 g/mol. The fourth-order valence-electron chi connectivity index (χ4n) is 10.7. The number of unbranched alkanes of at least 4 members (excludes halogenated alkanes) is 30. The van der Waals surface area contributed by atoms with E-state index in [1.54, 1.807) is 0 Å². The third-order valence-electron chi connectivity index (χ3n) is 15.7. The number of carbonyl (C=O) groups is 4. The van der Waals surface area contributed by atoms with E-state index in [0.717, 1.165) is 51.4 Å². The molecular weight excluding hydrogens is 923 g/mol. The largest absolute Gasteiger partial charge is 0.465 e. The van der Waals surface area contributed by atoms with Gasteiger partial charge in [-0.1, -0.05) is 233 Å². The van der Waals surface area contributed by atoms with Crippen LogP contribution in [0.1, 0.15) is 310 Å². The summed E-state index contributed by atoms with van der Waals surface area (Å²) in [4.78, 5) is 57.8. The van der Waals surface area contributed by atoms with Gasteiger partial charge in [-0.05, 0) is 77.3 Å². The first-order valence-corrected chi connectivity index (χ1v) is 32.3. The molecule has 0 unspecified atom stereocenters. The highest BCUT2D eigenvalue weighted by Gasteiger charge is 2.27. The molecule has 0 aromatic heterocycles. The summed E-state index contributed by atoms with van der Waals surface area (Å²) in [6, 6.07) is 0. The molecule has 1 heterocycles. The Kier molecular flexibility index (Phi) is 48.4. The minimum absolute atomic E-state index is 0.0659. The number of hydrogen-bond acceptors (Lipinski definition) is 8. The summed E-state index contributed by atoms with van der Waals surface area (Å²) >= 11 is 0. The first-order valence-electron chi connectivity index (χ1n) is 32.3. The van der Waals surface area contributed by atoms with Gasteiger partial charge in [-0.2, -0.15) is 0 Å². The van der Waals surface area contributed by atoms with Crippen LogP contribution >= 0.6 is 0 Å². The summed E-state index contributed by atoms with van der Waals surface area (Å²) in [6.07, 6.45) is 50.1. The molecule has 0 N–H and O–H groups in total. The predicted octanol–water partition coefficient (Wildman–Crippen LogP) is 17.8. The van der Waals surface area contributed by atoms with E-state index in [9.17, 15) is 19.2 Å². The zero-order valence-corrected chi connectivity index (χ0v) is 50.0. The molecule has 1 fully saturated rings. The fourth-order valence-corrected chi connectivity index (χ4v) is 10.7. The van der Waals surface area contributed by atoms with Crippen LogP contribution in [0.5, 0.6) is 0 Å². The quantitative estimate of drug-likeness (QED) is 0.0337. The minimum atomic E-state index is -0.264. The number of likely N-dealkylation sites (N-methyl/N-ethyl adjacent to an activating group) is 1. The lowest BCUT2D eigenvalue weighted by Crippen LogP contribution is -2.45. The maximum atomic E-state index is 13.7. The SMILES string of the molecule is CCCCCCCCCC(CCCCCCCCC)COC(=O)CCCCCCN(CCCCCCC(=O)OCC(CCCCCCCCC)CCCCCCCCC)C(=O)OC1CCN(C(=O)CN(C)C)CC1. The number of hydrogen-bond donors (Lipinski definition) is 0. The molecule has 0 aromatic rings. The molecule has 436 valence electrons. The van der Waals surface area contributed by atoms with E-state index in [-0.39, 0.29) is 30.0 Å². The summed E-state index contributed by atoms with van der Waals surface area (Å²) in [5.41, 5.74) is 0. The number of amides is 2. The zero-order valence-electron chi connectivity index (χ0n) is 50.0. The average Bonchev–Trinajstić information content (AvgIpc) is 3.39. The van der Waals surface area contributed by atoms with Crippen molar-refractivity contribution >= 4 is 23.9 Å². The molecule has 0 saturated carbocycles. The molecule has 10 nitrogen and oxygen atoms in total. The summed E-state index contributed by atoms with van der Waals surface area (Å²) in [5, 5.41) is 0. The molecule has 1 aliphatic heterocycles. The van der Waals surface area contributed by atoms with E-state index in [4.69, 9.17) is 14.2 Å². The topological polar surface area (TPSA) is 106 Å². The van der Waals surface area contributed by atoms with Crippen molar-refractivity contribution in [3.05, 3.63) is 0 Å². The molecule has 1 rings (SSSR count). The first kappa shape index (κ1) is 69.7. The van der Waals surface area contributed by atoms with Gasteiger partial charge in [-0.15, -0.1) is 0 Å². The van der Waals surface area contributed by atoms with Crippen LogP contribution < -0.4 is 0 Å². The second kappa shape index (κ2) is 51.4. The van der Waals surface area contributed by atoms with E-state index in [1.807, 2.05) is 28.8 Å². The first-order chi connectivity index (χ1) is 36.1.